The molecular weight excluding hydrogens is 339 g/mol. The Morgan fingerprint density at radius 1 is 1.12 bits per heavy atom. The van der Waals surface area contributed by atoms with E-state index in [9.17, 15) is 4.39 Å². The minimum absolute atomic E-state index is 0.316. The maximum absolute atomic E-state index is 13.7. The van der Waals surface area contributed by atoms with Gasteiger partial charge in [-0.2, -0.15) is 9.61 Å². The summed E-state index contributed by atoms with van der Waals surface area (Å²) in [6.45, 7) is 0. The largest absolute Gasteiger partial charge is 0.367 e. The second-order valence-corrected chi connectivity index (χ2v) is 6.67. The average molecular weight is 353 g/mol. The number of anilines is 1. The minimum Gasteiger partial charge on any atom is -0.367 e. The molecule has 4 nitrogen and oxygen atoms in total. The molecule has 0 bridgehead atoms. The summed E-state index contributed by atoms with van der Waals surface area (Å²) in [7, 11) is 0. The van der Waals surface area contributed by atoms with E-state index in [1.165, 1.54) is 12.1 Å². The molecule has 5 rings (SSSR count). The Hall–Kier alpha value is -2.66. The third-order valence-electron chi connectivity index (χ3n) is 4.45. The van der Waals surface area contributed by atoms with Crippen molar-refractivity contribution in [3.8, 4) is 11.1 Å². The monoisotopic (exact) mass is 352 g/mol. The third-order valence-corrected chi connectivity index (χ3v) is 4.72. The molecule has 25 heavy (non-hydrogen) atoms. The topological polar surface area (TPSA) is 42.2 Å². The molecule has 1 fully saturated rings. The molecule has 0 atom stereocenters. The van der Waals surface area contributed by atoms with Gasteiger partial charge in [-0.1, -0.05) is 41.9 Å². The van der Waals surface area contributed by atoms with Gasteiger partial charge in [0.2, 0.25) is 0 Å². The number of benzene rings is 2. The highest BCUT2D eigenvalue weighted by Crippen LogP contribution is 2.38. The number of aromatic nitrogens is 3. The van der Waals surface area contributed by atoms with Crippen LogP contribution in [0.15, 0.2) is 48.5 Å². The van der Waals surface area contributed by atoms with Crippen LogP contribution in [0.5, 0.6) is 0 Å². The number of halogens is 2. The minimum atomic E-state index is -0.316. The van der Waals surface area contributed by atoms with Crippen LogP contribution in [0.2, 0.25) is 5.15 Å². The first-order valence-electron chi connectivity index (χ1n) is 8.20. The normalized spacial score (nSPS) is 14.3. The van der Waals surface area contributed by atoms with Gasteiger partial charge in [0, 0.05) is 11.4 Å². The fraction of sp³-hybridized carbons (Fsp3) is 0.158. The summed E-state index contributed by atoms with van der Waals surface area (Å²) in [4.78, 5) is 4.53. The van der Waals surface area contributed by atoms with Gasteiger partial charge in [-0.3, -0.25) is 0 Å². The van der Waals surface area contributed by atoms with E-state index >= 15 is 0 Å². The predicted molar refractivity (Wildman–Crippen MR) is 97.5 cm³/mol. The highest BCUT2D eigenvalue weighted by molar-refractivity contribution is 6.33. The van der Waals surface area contributed by atoms with Gasteiger partial charge >= 0.3 is 0 Å². The summed E-state index contributed by atoms with van der Waals surface area (Å²) in [5, 5.41) is 9.19. The van der Waals surface area contributed by atoms with Crippen LogP contribution in [0.1, 0.15) is 12.8 Å². The number of hydrogen-bond donors (Lipinski definition) is 1. The number of rotatable bonds is 3. The lowest BCUT2D eigenvalue weighted by Crippen LogP contribution is -2.10. The molecule has 1 saturated carbocycles. The highest BCUT2D eigenvalue weighted by atomic mass is 35.5. The molecule has 0 spiro atoms. The van der Waals surface area contributed by atoms with Crippen molar-refractivity contribution >= 4 is 34.0 Å². The van der Waals surface area contributed by atoms with Crippen LogP contribution in [0, 0.1) is 5.82 Å². The summed E-state index contributed by atoms with van der Waals surface area (Å²) in [5.74, 6) is 0.490. The van der Waals surface area contributed by atoms with Crippen LogP contribution in [0.3, 0.4) is 0 Å². The Bertz CT molecular complexity index is 1100. The number of fused-ring (bicyclic) bond motifs is 3. The number of nitrogens with one attached hydrogen (secondary N) is 1. The first kappa shape index (κ1) is 14.7. The molecule has 0 saturated heterocycles. The summed E-state index contributed by atoms with van der Waals surface area (Å²) >= 11 is 6.56. The van der Waals surface area contributed by atoms with Gasteiger partial charge in [-0.15, -0.1) is 0 Å². The zero-order valence-electron chi connectivity index (χ0n) is 13.2. The van der Waals surface area contributed by atoms with Crippen molar-refractivity contribution in [2.24, 2.45) is 0 Å². The smallest absolute Gasteiger partial charge is 0.167 e. The molecule has 4 aromatic rings. The summed E-state index contributed by atoms with van der Waals surface area (Å²) in [6.07, 6.45) is 2.23. The Morgan fingerprint density at radius 2 is 1.92 bits per heavy atom. The average Bonchev–Trinajstić information content (AvgIpc) is 3.36. The Balaban J connectivity index is 1.87. The maximum Gasteiger partial charge on any atom is 0.167 e. The maximum atomic E-state index is 13.7. The van der Waals surface area contributed by atoms with E-state index in [4.69, 9.17) is 11.6 Å². The van der Waals surface area contributed by atoms with Crippen molar-refractivity contribution in [1.29, 1.82) is 0 Å². The van der Waals surface area contributed by atoms with E-state index in [-0.39, 0.29) is 5.82 Å². The fourth-order valence-electron chi connectivity index (χ4n) is 3.07. The van der Waals surface area contributed by atoms with Crippen molar-refractivity contribution in [2.75, 3.05) is 5.32 Å². The highest BCUT2D eigenvalue weighted by Gasteiger charge is 2.26. The van der Waals surface area contributed by atoms with Crippen LogP contribution in [-0.4, -0.2) is 20.6 Å². The van der Waals surface area contributed by atoms with Gasteiger partial charge in [0.25, 0.3) is 0 Å². The van der Waals surface area contributed by atoms with Crippen molar-refractivity contribution in [1.82, 2.24) is 14.6 Å². The van der Waals surface area contributed by atoms with E-state index < -0.39 is 0 Å². The van der Waals surface area contributed by atoms with Gasteiger partial charge in [0.05, 0.1) is 11.1 Å². The zero-order valence-corrected chi connectivity index (χ0v) is 14.0. The predicted octanol–water partition coefficient (Wildman–Crippen LogP) is 4.92. The molecule has 2 aromatic carbocycles. The van der Waals surface area contributed by atoms with Crippen LogP contribution in [-0.2, 0) is 0 Å². The summed E-state index contributed by atoms with van der Waals surface area (Å²) in [5.41, 5.74) is 3.03. The fourth-order valence-corrected chi connectivity index (χ4v) is 3.35. The van der Waals surface area contributed by atoms with Gasteiger partial charge in [-0.05, 0) is 36.6 Å². The molecule has 0 radical (unpaired) electrons. The van der Waals surface area contributed by atoms with Crippen LogP contribution in [0.25, 0.3) is 27.7 Å². The molecule has 1 N–H and O–H groups in total. The second-order valence-electron chi connectivity index (χ2n) is 6.31. The van der Waals surface area contributed by atoms with Gasteiger partial charge in [0.15, 0.2) is 5.65 Å². The first-order chi connectivity index (χ1) is 12.2. The van der Waals surface area contributed by atoms with E-state index in [0.29, 0.717) is 27.7 Å². The molecule has 0 unspecified atom stereocenters. The molecule has 1 aliphatic carbocycles. The Morgan fingerprint density at radius 3 is 2.68 bits per heavy atom. The number of nitrogens with zero attached hydrogens (tertiary/aromatic N) is 3. The molecule has 2 aromatic heterocycles. The number of hydrogen-bond acceptors (Lipinski definition) is 3. The van der Waals surface area contributed by atoms with Crippen LogP contribution in [0.4, 0.5) is 10.2 Å². The van der Waals surface area contributed by atoms with Crippen molar-refractivity contribution in [3.05, 3.63) is 59.5 Å². The van der Waals surface area contributed by atoms with Crippen molar-refractivity contribution in [2.45, 2.75) is 18.9 Å². The van der Waals surface area contributed by atoms with Crippen LogP contribution >= 0.6 is 11.6 Å². The van der Waals surface area contributed by atoms with Crippen LogP contribution < -0.4 is 5.32 Å². The Kier molecular flexibility index (Phi) is 3.18. The van der Waals surface area contributed by atoms with Gasteiger partial charge in [-0.25, -0.2) is 9.37 Å². The third kappa shape index (κ3) is 2.43. The van der Waals surface area contributed by atoms with Crippen molar-refractivity contribution in [3.63, 3.8) is 0 Å². The molecule has 124 valence electrons. The molecule has 2 heterocycles. The zero-order chi connectivity index (χ0) is 17.0. The molecule has 1 aliphatic rings. The quantitative estimate of drug-likeness (QED) is 0.532. The molecule has 0 aliphatic heterocycles. The lowest BCUT2D eigenvalue weighted by Gasteiger charge is -2.14. The second kappa shape index (κ2) is 5.43. The van der Waals surface area contributed by atoms with Crippen molar-refractivity contribution < 1.29 is 4.39 Å². The van der Waals surface area contributed by atoms with Gasteiger partial charge in [0.1, 0.15) is 16.8 Å². The summed E-state index contributed by atoms with van der Waals surface area (Å²) in [6, 6.07) is 14.8. The lowest BCUT2D eigenvalue weighted by molar-refractivity contribution is 0.630. The Labute approximate surface area is 148 Å². The molecular formula is C19H14ClFN4. The molecule has 0 amide bonds. The SMILES string of the molecule is Fc1ccc2nn3c(NC4CC4)c(-c4ccccc4)c(Cl)nc3c2c1. The first-order valence-corrected chi connectivity index (χ1v) is 8.58. The molecule has 6 heteroatoms. The van der Waals surface area contributed by atoms with Gasteiger partial charge < -0.3 is 5.32 Å². The van der Waals surface area contributed by atoms with E-state index in [1.54, 1.807) is 10.6 Å². The van der Waals surface area contributed by atoms with E-state index in [1.807, 2.05) is 30.3 Å². The van der Waals surface area contributed by atoms with E-state index in [2.05, 4.69) is 15.4 Å². The lowest BCUT2D eigenvalue weighted by atomic mass is 10.1. The standard InChI is InChI=1S/C19H14ClFN4/c20-17-16(11-4-2-1-3-5-11)19(22-13-7-8-13)25-18(23-17)14-10-12(21)6-9-15(14)24-25/h1-6,9-10,13,22H,7-8H2. The van der Waals surface area contributed by atoms with E-state index in [0.717, 1.165) is 29.8 Å². The summed E-state index contributed by atoms with van der Waals surface area (Å²) < 4.78 is 15.4.